The molecule has 0 heterocycles. The van der Waals surface area contributed by atoms with Crippen LogP contribution < -0.4 is 0 Å². The van der Waals surface area contributed by atoms with E-state index in [1.165, 1.54) is 37.1 Å². The predicted octanol–water partition coefficient (Wildman–Crippen LogP) is 3.40. The fourth-order valence-electron chi connectivity index (χ4n) is 2.68. The van der Waals surface area contributed by atoms with Crippen LogP contribution in [0.3, 0.4) is 0 Å². The van der Waals surface area contributed by atoms with Crippen molar-refractivity contribution in [2.24, 2.45) is 0 Å². The Hall–Kier alpha value is 0.0969. The summed E-state index contributed by atoms with van der Waals surface area (Å²) in [6.07, 6.45) is 1.22. The second-order valence-corrected chi connectivity index (χ2v) is 8.46. The smallest absolute Gasteiger partial charge is 0.335 e. The third-order valence-corrected chi connectivity index (χ3v) is 7.24. The van der Waals surface area contributed by atoms with Gasteiger partial charge in [-0.2, -0.15) is 0 Å². The molecule has 0 spiro atoms. The lowest BCUT2D eigenvalue weighted by Gasteiger charge is -2.36. The molecular weight excluding hydrogens is 242 g/mol. The lowest BCUT2D eigenvalue weighted by Crippen LogP contribution is -2.49. The summed E-state index contributed by atoms with van der Waals surface area (Å²) in [5.74, 6) is 0. The number of hydrogen-bond acceptors (Lipinski definition) is 2. The molecule has 0 N–H and O–H groups in total. The first kappa shape index (κ1) is 18.1. The zero-order chi connectivity index (χ0) is 14.1. The highest BCUT2D eigenvalue weighted by atomic mass is 28.4. The first-order valence-corrected chi connectivity index (χ1v) is 10.2. The van der Waals surface area contributed by atoms with Crippen molar-refractivity contribution in [2.75, 3.05) is 39.4 Å². The minimum absolute atomic E-state index is 0.776. The zero-order valence-electron chi connectivity index (χ0n) is 13.4. The third kappa shape index (κ3) is 5.82. The molecule has 3 nitrogen and oxygen atoms in total. The largest absolute Gasteiger partial charge is 0.395 e. The normalized spacial score (nSPS) is 13.0. The van der Waals surface area contributed by atoms with Gasteiger partial charge < -0.3 is 13.3 Å². The topological polar surface area (TPSA) is 18.5 Å². The molecule has 0 aliphatic carbocycles. The Balaban J connectivity index is 4.27. The number of rotatable bonds is 11. The fraction of sp³-hybridized carbons (Fsp3) is 1.00. The van der Waals surface area contributed by atoms with Gasteiger partial charge in [-0.3, -0.25) is 0 Å². The van der Waals surface area contributed by atoms with E-state index < -0.39 is 8.56 Å². The molecule has 0 aromatic rings. The predicted molar refractivity (Wildman–Crippen MR) is 81.0 cm³/mol. The quantitative estimate of drug-likeness (QED) is 0.425. The minimum Gasteiger partial charge on any atom is -0.395 e. The molecule has 0 amide bonds. The summed E-state index contributed by atoms with van der Waals surface area (Å²) < 4.78 is 13.0. The van der Waals surface area contributed by atoms with Gasteiger partial charge in [-0.1, -0.05) is 0 Å². The summed E-state index contributed by atoms with van der Waals surface area (Å²) in [6, 6.07) is 1.12. The molecule has 0 atom stereocenters. The van der Waals surface area contributed by atoms with E-state index in [1.54, 1.807) is 0 Å². The van der Waals surface area contributed by atoms with Crippen LogP contribution in [0, 0.1) is 0 Å². The molecule has 110 valence electrons. The average molecular weight is 277 g/mol. The molecule has 0 radical (unpaired) electrons. The summed E-state index contributed by atoms with van der Waals surface area (Å²) >= 11 is 0. The van der Waals surface area contributed by atoms with Crippen LogP contribution in [0.25, 0.3) is 0 Å². The van der Waals surface area contributed by atoms with Crippen LogP contribution in [-0.2, 0) is 8.85 Å². The van der Waals surface area contributed by atoms with Gasteiger partial charge in [0, 0.05) is 13.2 Å². The highest BCUT2D eigenvalue weighted by molar-refractivity contribution is 6.66. The first-order valence-electron chi connectivity index (χ1n) is 7.64. The van der Waals surface area contributed by atoms with Crippen LogP contribution in [0.1, 0.15) is 41.0 Å². The summed E-state index contributed by atoms with van der Waals surface area (Å²) in [6.45, 7) is 19.7. The van der Waals surface area contributed by atoms with Gasteiger partial charge in [-0.05, 0) is 53.6 Å². The van der Waals surface area contributed by atoms with E-state index in [1.807, 2.05) is 0 Å². The van der Waals surface area contributed by atoms with Crippen LogP contribution >= 0.6 is 0 Å². The van der Waals surface area contributed by atoms with Gasteiger partial charge in [0.1, 0.15) is 0 Å². The first-order chi connectivity index (χ1) is 8.51. The van der Waals surface area contributed by atoms with E-state index in [0.717, 1.165) is 19.3 Å². The van der Waals surface area contributed by atoms with E-state index in [4.69, 9.17) is 8.85 Å². The summed E-state index contributed by atoms with van der Waals surface area (Å²) in [5.41, 5.74) is 0. The molecule has 0 saturated heterocycles. The van der Waals surface area contributed by atoms with E-state index in [2.05, 4.69) is 41.2 Å². The summed E-state index contributed by atoms with van der Waals surface area (Å²) in [5, 5.41) is 0. The molecule has 18 heavy (non-hydrogen) atoms. The molecule has 0 aromatic heterocycles. The molecule has 0 aliphatic heterocycles. The Bertz CT molecular complexity index is 194. The van der Waals surface area contributed by atoms with E-state index in [-0.39, 0.29) is 0 Å². The molecule has 0 fully saturated rings. The molecule has 0 rings (SSSR count). The van der Waals surface area contributed by atoms with Gasteiger partial charge in [0.05, 0.1) is 26.2 Å². The van der Waals surface area contributed by atoms with Crippen LogP contribution in [-0.4, -0.2) is 52.4 Å². The standard InChI is InChI=1S/C14H34NO2Si/c1-7-15(8-2,9-3)13-12-14-18(6,16-10-4)17-11-5/h7-14H2,1-6H3/q+1. The van der Waals surface area contributed by atoms with Crippen molar-refractivity contribution < 1.29 is 13.3 Å². The molecule has 0 aliphatic rings. The van der Waals surface area contributed by atoms with E-state index in [9.17, 15) is 0 Å². The van der Waals surface area contributed by atoms with Gasteiger partial charge in [-0.15, -0.1) is 0 Å². The van der Waals surface area contributed by atoms with Crippen LogP contribution in [0.5, 0.6) is 0 Å². The highest BCUT2D eigenvalue weighted by Gasteiger charge is 2.31. The Morgan fingerprint density at radius 1 is 0.833 bits per heavy atom. The van der Waals surface area contributed by atoms with Crippen molar-refractivity contribution in [3.05, 3.63) is 0 Å². The van der Waals surface area contributed by atoms with Gasteiger partial charge >= 0.3 is 8.56 Å². The van der Waals surface area contributed by atoms with Crippen molar-refractivity contribution in [1.29, 1.82) is 0 Å². The van der Waals surface area contributed by atoms with Gasteiger partial charge in [0.25, 0.3) is 0 Å². The SMILES string of the molecule is CCO[Si](C)(CCC[N+](CC)(CC)CC)OCC. The van der Waals surface area contributed by atoms with Crippen LogP contribution in [0.2, 0.25) is 12.6 Å². The van der Waals surface area contributed by atoms with Crippen molar-refractivity contribution in [2.45, 2.75) is 53.6 Å². The van der Waals surface area contributed by atoms with Gasteiger partial charge in [0.15, 0.2) is 0 Å². The number of quaternary nitrogens is 1. The Labute approximate surface area is 115 Å². The maximum Gasteiger partial charge on any atom is 0.335 e. The summed E-state index contributed by atoms with van der Waals surface area (Å²) in [4.78, 5) is 0. The Morgan fingerprint density at radius 2 is 1.28 bits per heavy atom. The van der Waals surface area contributed by atoms with Crippen LogP contribution in [0.4, 0.5) is 0 Å². The van der Waals surface area contributed by atoms with Crippen LogP contribution in [0.15, 0.2) is 0 Å². The fourth-order valence-corrected chi connectivity index (χ4v) is 5.07. The molecule has 0 unspecified atom stereocenters. The van der Waals surface area contributed by atoms with Crippen molar-refractivity contribution in [3.63, 3.8) is 0 Å². The monoisotopic (exact) mass is 276 g/mol. The van der Waals surface area contributed by atoms with Crippen molar-refractivity contribution >= 4 is 8.56 Å². The number of nitrogens with zero attached hydrogens (tertiary/aromatic N) is 1. The Kier molecular flexibility index (Phi) is 9.12. The van der Waals surface area contributed by atoms with Crippen molar-refractivity contribution in [1.82, 2.24) is 0 Å². The Morgan fingerprint density at radius 3 is 1.61 bits per heavy atom. The molecule has 4 heteroatoms. The molecular formula is C14H34NO2Si+. The highest BCUT2D eigenvalue weighted by Crippen LogP contribution is 2.18. The number of hydrogen-bond donors (Lipinski definition) is 0. The van der Waals surface area contributed by atoms with E-state index >= 15 is 0 Å². The second kappa shape index (κ2) is 9.07. The van der Waals surface area contributed by atoms with Crippen molar-refractivity contribution in [3.8, 4) is 0 Å². The maximum atomic E-state index is 5.90. The second-order valence-electron chi connectivity index (χ2n) is 5.12. The lowest BCUT2D eigenvalue weighted by atomic mass is 10.3. The lowest BCUT2D eigenvalue weighted by molar-refractivity contribution is -0.923. The maximum absolute atomic E-state index is 5.90. The molecule has 0 aromatic carbocycles. The molecule has 0 bridgehead atoms. The third-order valence-electron chi connectivity index (χ3n) is 4.18. The molecule has 0 saturated carbocycles. The summed E-state index contributed by atoms with van der Waals surface area (Å²) in [7, 11) is -1.90. The zero-order valence-corrected chi connectivity index (χ0v) is 14.4. The van der Waals surface area contributed by atoms with E-state index in [0.29, 0.717) is 0 Å². The average Bonchev–Trinajstić information content (AvgIpc) is 2.36. The van der Waals surface area contributed by atoms with Gasteiger partial charge in [-0.25, -0.2) is 0 Å². The minimum atomic E-state index is -1.90. The van der Waals surface area contributed by atoms with Gasteiger partial charge in [0.2, 0.25) is 0 Å².